The van der Waals surface area contributed by atoms with Crippen LogP contribution in [0.4, 0.5) is 0 Å². The van der Waals surface area contributed by atoms with E-state index in [-0.39, 0.29) is 12.2 Å². The molecule has 0 spiro atoms. The first kappa shape index (κ1) is 10.8. The fourth-order valence-corrected chi connectivity index (χ4v) is 1.61. The van der Waals surface area contributed by atoms with Crippen molar-refractivity contribution in [1.29, 1.82) is 0 Å². The number of rotatable bonds is 3. The molecule has 80 valence electrons. The number of ketones is 1. The van der Waals surface area contributed by atoms with E-state index in [4.69, 9.17) is 11.6 Å². The minimum Gasteiger partial charge on any atom is -0.294 e. The molecule has 2 aromatic rings. The second-order valence-corrected chi connectivity index (χ2v) is 3.68. The summed E-state index contributed by atoms with van der Waals surface area (Å²) in [6.07, 6.45) is 4.94. The van der Waals surface area contributed by atoms with Crippen molar-refractivity contribution in [3.05, 3.63) is 59.1 Å². The molecule has 0 amide bonds. The third-order valence-electron chi connectivity index (χ3n) is 2.13. The Balaban J connectivity index is 2.19. The normalized spacial score (nSPS) is 10.1. The van der Waals surface area contributed by atoms with Crippen LogP contribution in [0.1, 0.15) is 16.1 Å². The zero-order chi connectivity index (χ0) is 11.4. The van der Waals surface area contributed by atoms with Gasteiger partial charge in [-0.25, -0.2) is 0 Å². The number of carbonyl (C=O) groups is 1. The first-order valence-corrected chi connectivity index (χ1v) is 5.18. The highest BCUT2D eigenvalue weighted by atomic mass is 35.5. The molecule has 0 saturated carbocycles. The maximum Gasteiger partial charge on any atom is 0.170 e. The number of Topliss-reactive ketones (excluding diaryl/α,β-unsaturated/α-hetero) is 1. The largest absolute Gasteiger partial charge is 0.294 e. The van der Waals surface area contributed by atoms with Crippen LogP contribution < -0.4 is 0 Å². The fraction of sp³-hybridized carbons (Fsp3) is 0.0833. The molecule has 3 nitrogen and oxygen atoms in total. The lowest BCUT2D eigenvalue weighted by atomic mass is 10.1. The van der Waals surface area contributed by atoms with Crippen LogP contribution in [0.5, 0.6) is 0 Å². The van der Waals surface area contributed by atoms with Gasteiger partial charge >= 0.3 is 0 Å². The predicted molar refractivity (Wildman–Crippen MR) is 61.5 cm³/mol. The molecule has 0 bridgehead atoms. The summed E-state index contributed by atoms with van der Waals surface area (Å²) in [5, 5.41) is 0.469. The monoisotopic (exact) mass is 232 g/mol. The van der Waals surface area contributed by atoms with Gasteiger partial charge in [0.1, 0.15) is 0 Å². The molecule has 0 aliphatic carbocycles. The van der Waals surface area contributed by atoms with Gasteiger partial charge in [0.05, 0.1) is 17.1 Å². The third kappa shape index (κ3) is 2.44. The van der Waals surface area contributed by atoms with E-state index in [2.05, 4.69) is 9.97 Å². The molecule has 0 unspecified atom stereocenters. The summed E-state index contributed by atoms with van der Waals surface area (Å²) in [6.45, 7) is 0. The Hall–Kier alpha value is -1.74. The van der Waals surface area contributed by atoms with Gasteiger partial charge in [-0.1, -0.05) is 23.7 Å². The van der Waals surface area contributed by atoms with Gasteiger partial charge < -0.3 is 0 Å². The van der Waals surface area contributed by atoms with Crippen molar-refractivity contribution in [1.82, 2.24) is 9.97 Å². The Labute approximate surface area is 98.1 Å². The van der Waals surface area contributed by atoms with Gasteiger partial charge in [0.15, 0.2) is 5.78 Å². The van der Waals surface area contributed by atoms with Crippen molar-refractivity contribution in [2.45, 2.75) is 6.42 Å². The Morgan fingerprint density at radius 3 is 2.75 bits per heavy atom. The zero-order valence-electron chi connectivity index (χ0n) is 8.43. The van der Waals surface area contributed by atoms with Crippen molar-refractivity contribution in [3.8, 4) is 0 Å². The minimum absolute atomic E-state index is 0.0499. The predicted octanol–water partition coefficient (Wildman–Crippen LogP) is 2.56. The lowest BCUT2D eigenvalue weighted by molar-refractivity contribution is 0.0992. The second kappa shape index (κ2) is 4.86. The number of aromatic nitrogens is 2. The van der Waals surface area contributed by atoms with Gasteiger partial charge in [0.2, 0.25) is 0 Å². The molecule has 0 saturated heterocycles. The number of halogens is 1. The van der Waals surface area contributed by atoms with Crippen molar-refractivity contribution in [3.63, 3.8) is 0 Å². The minimum atomic E-state index is -0.0499. The van der Waals surface area contributed by atoms with E-state index >= 15 is 0 Å². The summed E-state index contributed by atoms with van der Waals surface area (Å²) in [5.41, 5.74) is 1.17. The van der Waals surface area contributed by atoms with Crippen LogP contribution in [0, 0.1) is 0 Å². The molecular formula is C12H9ClN2O. The molecule has 0 fully saturated rings. The summed E-state index contributed by atoms with van der Waals surface area (Å²) in [4.78, 5) is 19.8. The van der Waals surface area contributed by atoms with Gasteiger partial charge in [-0.2, -0.15) is 0 Å². The van der Waals surface area contributed by atoms with Crippen LogP contribution in [-0.4, -0.2) is 15.8 Å². The molecule has 1 aromatic heterocycles. The SMILES string of the molecule is O=C(Cc1cnccn1)c1ccccc1Cl. The standard InChI is InChI=1S/C12H9ClN2O/c13-11-4-2-1-3-10(11)12(16)7-9-8-14-5-6-15-9/h1-6,8H,7H2. The first-order chi connectivity index (χ1) is 7.77. The first-order valence-electron chi connectivity index (χ1n) is 4.80. The highest BCUT2D eigenvalue weighted by Crippen LogP contribution is 2.16. The molecule has 1 aromatic carbocycles. The number of hydrogen-bond donors (Lipinski definition) is 0. The average molecular weight is 233 g/mol. The van der Waals surface area contributed by atoms with Gasteiger partial charge in [0, 0.05) is 24.2 Å². The summed E-state index contributed by atoms with van der Waals surface area (Å²) < 4.78 is 0. The molecule has 0 atom stereocenters. The van der Waals surface area contributed by atoms with Crippen LogP contribution in [0.3, 0.4) is 0 Å². The molecule has 1 heterocycles. The van der Waals surface area contributed by atoms with Crippen LogP contribution in [0.25, 0.3) is 0 Å². The number of hydrogen-bond acceptors (Lipinski definition) is 3. The topological polar surface area (TPSA) is 42.9 Å². The Kier molecular flexibility index (Phi) is 3.27. The molecule has 2 rings (SSSR count). The molecule has 0 N–H and O–H groups in total. The van der Waals surface area contributed by atoms with Crippen LogP contribution in [0.15, 0.2) is 42.9 Å². The van der Waals surface area contributed by atoms with E-state index in [9.17, 15) is 4.79 Å². The lowest BCUT2D eigenvalue weighted by Crippen LogP contribution is -2.05. The van der Waals surface area contributed by atoms with Crippen molar-refractivity contribution in [2.24, 2.45) is 0 Å². The summed E-state index contributed by atoms with van der Waals surface area (Å²) in [6, 6.07) is 6.99. The van der Waals surface area contributed by atoms with E-state index < -0.39 is 0 Å². The van der Waals surface area contributed by atoms with E-state index in [1.807, 2.05) is 0 Å². The van der Waals surface area contributed by atoms with E-state index in [1.165, 1.54) is 0 Å². The van der Waals surface area contributed by atoms with Crippen molar-refractivity contribution >= 4 is 17.4 Å². The highest BCUT2D eigenvalue weighted by Gasteiger charge is 2.10. The van der Waals surface area contributed by atoms with Gasteiger partial charge in [-0.3, -0.25) is 14.8 Å². The summed E-state index contributed by atoms with van der Waals surface area (Å²) in [7, 11) is 0. The molecular weight excluding hydrogens is 224 g/mol. The lowest BCUT2D eigenvalue weighted by Gasteiger charge is -2.02. The van der Waals surface area contributed by atoms with Crippen molar-refractivity contribution < 1.29 is 4.79 Å². The number of benzene rings is 1. The van der Waals surface area contributed by atoms with Crippen LogP contribution in [0.2, 0.25) is 5.02 Å². The zero-order valence-corrected chi connectivity index (χ0v) is 9.19. The average Bonchev–Trinajstić information content (AvgIpc) is 2.31. The Bertz CT molecular complexity index is 499. The van der Waals surface area contributed by atoms with E-state index in [0.29, 0.717) is 16.3 Å². The third-order valence-corrected chi connectivity index (χ3v) is 2.46. The van der Waals surface area contributed by atoms with Gasteiger partial charge in [0.25, 0.3) is 0 Å². The molecule has 4 heteroatoms. The quantitative estimate of drug-likeness (QED) is 0.764. The van der Waals surface area contributed by atoms with Gasteiger partial charge in [-0.15, -0.1) is 0 Å². The molecule has 0 radical (unpaired) electrons. The Morgan fingerprint density at radius 2 is 2.06 bits per heavy atom. The van der Waals surface area contributed by atoms with Crippen LogP contribution >= 0.6 is 11.6 Å². The fourth-order valence-electron chi connectivity index (χ4n) is 1.37. The van der Waals surface area contributed by atoms with Gasteiger partial charge in [-0.05, 0) is 12.1 Å². The molecule has 0 aliphatic heterocycles. The maximum atomic E-state index is 11.9. The summed E-state index contributed by atoms with van der Waals surface area (Å²) >= 11 is 5.93. The maximum absolute atomic E-state index is 11.9. The molecule has 0 aliphatic rings. The molecule has 16 heavy (non-hydrogen) atoms. The van der Waals surface area contributed by atoms with Crippen LogP contribution in [-0.2, 0) is 6.42 Å². The van der Waals surface area contributed by atoms with E-state index in [0.717, 1.165) is 0 Å². The van der Waals surface area contributed by atoms with E-state index in [1.54, 1.807) is 42.9 Å². The second-order valence-electron chi connectivity index (χ2n) is 3.28. The highest BCUT2D eigenvalue weighted by molar-refractivity contribution is 6.34. The Morgan fingerprint density at radius 1 is 1.25 bits per heavy atom. The smallest absolute Gasteiger partial charge is 0.170 e. The summed E-state index contributed by atoms with van der Waals surface area (Å²) in [5.74, 6) is -0.0499. The van der Waals surface area contributed by atoms with Crippen molar-refractivity contribution in [2.75, 3.05) is 0 Å². The number of nitrogens with zero attached hydrogens (tertiary/aromatic N) is 2. The number of carbonyl (C=O) groups excluding carboxylic acids is 1.